The van der Waals surface area contributed by atoms with Crippen LogP contribution in [0.25, 0.3) is 0 Å². The summed E-state index contributed by atoms with van der Waals surface area (Å²) in [6.45, 7) is 0.170. The molecule has 0 bridgehead atoms. The molecular weight excluding hydrogens is 400 g/mol. The summed E-state index contributed by atoms with van der Waals surface area (Å²) in [4.78, 5) is 25.9. The summed E-state index contributed by atoms with van der Waals surface area (Å²) in [6, 6.07) is 10.5. The monoisotopic (exact) mass is 408 g/mol. The summed E-state index contributed by atoms with van der Waals surface area (Å²) < 4.78 is 1.63. The van der Waals surface area contributed by atoms with Crippen molar-refractivity contribution in [3.63, 3.8) is 0 Å². The number of imide groups is 1. The zero-order valence-corrected chi connectivity index (χ0v) is 13.9. The van der Waals surface area contributed by atoms with E-state index in [1.54, 1.807) is 30.3 Å². The zero-order valence-electron chi connectivity index (χ0n) is 10.8. The van der Waals surface area contributed by atoms with Gasteiger partial charge in [0.05, 0.1) is 17.7 Å². The predicted octanol–water partition coefficient (Wildman–Crippen LogP) is 3.59. The molecular formula is C15H10Br2N2O2. The van der Waals surface area contributed by atoms with Crippen molar-refractivity contribution in [1.82, 2.24) is 4.90 Å². The molecule has 2 aromatic rings. The Morgan fingerprint density at radius 1 is 0.905 bits per heavy atom. The van der Waals surface area contributed by atoms with Crippen molar-refractivity contribution in [3.8, 4) is 0 Å². The van der Waals surface area contributed by atoms with E-state index in [1.165, 1.54) is 4.90 Å². The third-order valence-electron chi connectivity index (χ3n) is 3.37. The van der Waals surface area contributed by atoms with Gasteiger partial charge in [-0.3, -0.25) is 14.5 Å². The molecule has 1 aliphatic heterocycles. The molecule has 0 spiro atoms. The number of benzene rings is 2. The van der Waals surface area contributed by atoms with Gasteiger partial charge in [0.1, 0.15) is 0 Å². The van der Waals surface area contributed by atoms with Crippen LogP contribution in [-0.4, -0.2) is 16.7 Å². The van der Waals surface area contributed by atoms with E-state index >= 15 is 0 Å². The SMILES string of the molecule is Nc1cc(Br)ccc1CN1C(=O)c2ccc(Br)cc2C1=O. The Hall–Kier alpha value is -1.66. The van der Waals surface area contributed by atoms with E-state index in [-0.39, 0.29) is 18.4 Å². The molecule has 0 aromatic heterocycles. The number of nitrogens with two attached hydrogens (primary N) is 1. The molecule has 0 atom stereocenters. The first-order valence-electron chi connectivity index (χ1n) is 6.17. The summed E-state index contributed by atoms with van der Waals surface area (Å²) in [5.74, 6) is -0.580. The van der Waals surface area contributed by atoms with Gasteiger partial charge in [0, 0.05) is 14.6 Å². The predicted molar refractivity (Wildman–Crippen MR) is 86.9 cm³/mol. The molecule has 0 unspecified atom stereocenters. The molecule has 1 heterocycles. The Morgan fingerprint density at radius 2 is 1.52 bits per heavy atom. The second kappa shape index (κ2) is 5.27. The molecule has 106 valence electrons. The van der Waals surface area contributed by atoms with Crippen molar-refractivity contribution in [2.24, 2.45) is 0 Å². The largest absolute Gasteiger partial charge is 0.398 e. The van der Waals surface area contributed by atoms with Crippen LogP contribution in [0.1, 0.15) is 26.3 Å². The van der Waals surface area contributed by atoms with Crippen LogP contribution in [-0.2, 0) is 6.54 Å². The standard InChI is InChI=1S/C15H10Br2N2O2/c16-9-3-4-11-12(5-9)15(21)19(14(11)20)7-8-1-2-10(17)6-13(8)18/h1-6H,7,18H2. The van der Waals surface area contributed by atoms with Crippen molar-refractivity contribution in [3.05, 3.63) is 62.0 Å². The lowest BCUT2D eigenvalue weighted by Gasteiger charge is -2.15. The van der Waals surface area contributed by atoms with Crippen LogP contribution in [0.5, 0.6) is 0 Å². The van der Waals surface area contributed by atoms with Gasteiger partial charge in [0.25, 0.3) is 11.8 Å². The number of anilines is 1. The van der Waals surface area contributed by atoms with Gasteiger partial charge in [-0.2, -0.15) is 0 Å². The molecule has 3 rings (SSSR count). The summed E-state index contributed by atoms with van der Waals surface area (Å²) in [5, 5.41) is 0. The number of rotatable bonds is 2. The molecule has 2 amide bonds. The van der Waals surface area contributed by atoms with Crippen LogP contribution in [0.4, 0.5) is 5.69 Å². The Balaban J connectivity index is 1.95. The molecule has 0 fully saturated rings. The molecule has 4 nitrogen and oxygen atoms in total. The Kier molecular flexibility index (Phi) is 3.59. The van der Waals surface area contributed by atoms with Crippen LogP contribution in [0.3, 0.4) is 0 Å². The van der Waals surface area contributed by atoms with E-state index in [0.717, 1.165) is 14.5 Å². The Bertz CT molecular complexity index is 774. The quantitative estimate of drug-likeness (QED) is 0.608. The molecule has 0 saturated heterocycles. The first-order valence-corrected chi connectivity index (χ1v) is 7.75. The smallest absolute Gasteiger partial charge is 0.261 e. The van der Waals surface area contributed by atoms with Crippen LogP contribution < -0.4 is 5.73 Å². The second-order valence-corrected chi connectivity index (χ2v) is 6.56. The number of fused-ring (bicyclic) bond motifs is 1. The van der Waals surface area contributed by atoms with Crippen LogP contribution in [0, 0.1) is 0 Å². The molecule has 21 heavy (non-hydrogen) atoms. The maximum atomic E-state index is 12.4. The number of nitrogen functional groups attached to an aromatic ring is 1. The molecule has 6 heteroatoms. The number of carbonyl (C=O) groups excluding carboxylic acids is 2. The number of carbonyl (C=O) groups is 2. The van der Waals surface area contributed by atoms with Gasteiger partial charge >= 0.3 is 0 Å². The van der Waals surface area contributed by atoms with Crippen molar-refractivity contribution in [2.75, 3.05) is 5.73 Å². The fourth-order valence-electron chi connectivity index (χ4n) is 2.29. The van der Waals surface area contributed by atoms with E-state index in [9.17, 15) is 9.59 Å². The highest BCUT2D eigenvalue weighted by molar-refractivity contribution is 9.10. The average molecular weight is 410 g/mol. The minimum absolute atomic E-state index is 0.170. The van der Waals surface area contributed by atoms with Crippen LogP contribution >= 0.6 is 31.9 Å². The van der Waals surface area contributed by atoms with Gasteiger partial charge in [-0.25, -0.2) is 0 Å². The minimum Gasteiger partial charge on any atom is -0.398 e. The van der Waals surface area contributed by atoms with E-state index in [2.05, 4.69) is 31.9 Å². The maximum absolute atomic E-state index is 12.4. The number of amides is 2. The van der Waals surface area contributed by atoms with E-state index in [4.69, 9.17) is 5.73 Å². The van der Waals surface area contributed by atoms with Crippen LogP contribution in [0.15, 0.2) is 45.3 Å². The molecule has 2 N–H and O–H groups in total. The fraction of sp³-hybridized carbons (Fsp3) is 0.0667. The molecule has 0 radical (unpaired) electrons. The highest BCUT2D eigenvalue weighted by atomic mass is 79.9. The maximum Gasteiger partial charge on any atom is 0.261 e. The van der Waals surface area contributed by atoms with Gasteiger partial charge in [0.15, 0.2) is 0 Å². The van der Waals surface area contributed by atoms with Gasteiger partial charge < -0.3 is 5.73 Å². The molecule has 1 aliphatic rings. The first-order chi connectivity index (χ1) is 9.97. The number of hydrogen-bond donors (Lipinski definition) is 1. The minimum atomic E-state index is -0.293. The third kappa shape index (κ3) is 2.49. The lowest BCUT2D eigenvalue weighted by atomic mass is 10.1. The highest BCUT2D eigenvalue weighted by Gasteiger charge is 2.35. The van der Waals surface area contributed by atoms with Gasteiger partial charge in [-0.05, 0) is 35.9 Å². The average Bonchev–Trinajstić information content (AvgIpc) is 2.66. The lowest BCUT2D eigenvalue weighted by molar-refractivity contribution is 0.0642. The summed E-state index contributed by atoms with van der Waals surface area (Å²) in [6.07, 6.45) is 0. The topological polar surface area (TPSA) is 63.4 Å². The third-order valence-corrected chi connectivity index (χ3v) is 4.36. The number of halogens is 2. The van der Waals surface area contributed by atoms with Gasteiger partial charge in [0.2, 0.25) is 0 Å². The van der Waals surface area contributed by atoms with Crippen molar-refractivity contribution >= 4 is 49.4 Å². The molecule has 0 aliphatic carbocycles. The van der Waals surface area contributed by atoms with Crippen molar-refractivity contribution in [1.29, 1.82) is 0 Å². The fourth-order valence-corrected chi connectivity index (χ4v) is 3.03. The first kappa shape index (κ1) is 14.3. The Morgan fingerprint density at radius 3 is 2.24 bits per heavy atom. The Labute approximate surface area is 138 Å². The van der Waals surface area contributed by atoms with Crippen molar-refractivity contribution < 1.29 is 9.59 Å². The van der Waals surface area contributed by atoms with E-state index in [0.29, 0.717) is 16.8 Å². The number of nitrogens with zero attached hydrogens (tertiary/aromatic N) is 1. The van der Waals surface area contributed by atoms with E-state index < -0.39 is 0 Å². The highest BCUT2D eigenvalue weighted by Crippen LogP contribution is 2.28. The summed E-state index contributed by atoms with van der Waals surface area (Å²) in [5.41, 5.74) is 8.07. The van der Waals surface area contributed by atoms with Crippen LogP contribution in [0.2, 0.25) is 0 Å². The molecule has 0 saturated carbocycles. The van der Waals surface area contributed by atoms with Gasteiger partial charge in [-0.1, -0.05) is 37.9 Å². The zero-order chi connectivity index (χ0) is 15.1. The second-order valence-electron chi connectivity index (χ2n) is 4.73. The lowest BCUT2D eigenvalue weighted by Crippen LogP contribution is -2.29. The summed E-state index contributed by atoms with van der Waals surface area (Å²) >= 11 is 6.64. The number of hydrogen-bond acceptors (Lipinski definition) is 3. The van der Waals surface area contributed by atoms with E-state index in [1.807, 2.05) is 6.07 Å². The normalized spacial score (nSPS) is 13.7. The summed E-state index contributed by atoms with van der Waals surface area (Å²) in [7, 11) is 0. The van der Waals surface area contributed by atoms with Gasteiger partial charge in [-0.15, -0.1) is 0 Å². The van der Waals surface area contributed by atoms with Crippen molar-refractivity contribution in [2.45, 2.75) is 6.54 Å². The molecule has 2 aromatic carbocycles.